The first kappa shape index (κ1) is 20.7. The molecule has 0 aliphatic carbocycles. The molecule has 0 fully saturated rings. The highest BCUT2D eigenvalue weighted by Crippen LogP contribution is 2.30. The average molecular weight is 438 g/mol. The Morgan fingerprint density at radius 1 is 1.21 bits per heavy atom. The number of ether oxygens (including phenoxy) is 1. The van der Waals surface area contributed by atoms with Gasteiger partial charge in [-0.25, -0.2) is 18.0 Å². The maximum atomic E-state index is 12.7. The number of hydrogen-bond donors (Lipinski definition) is 2. The third kappa shape index (κ3) is 4.06. The third-order valence-electron chi connectivity index (χ3n) is 4.07. The Kier molecular flexibility index (Phi) is 5.54. The Hall–Kier alpha value is -3.04. The minimum absolute atomic E-state index is 0.0779. The van der Waals surface area contributed by atoms with Crippen LogP contribution in [0, 0.1) is 6.92 Å². The van der Waals surface area contributed by atoms with Crippen LogP contribution in [0.25, 0.3) is 11.0 Å². The van der Waals surface area contributed by atoms with Crippen LogP contribution < -0.4 is 4.72 Å². The molecular formula is C19H16ClNO7S. The second-order valence-electron chi connectivity index (χ2n) is 6.02. The summed E-state index contributed by atoms with van der Waals surface area (Å²) < 4.78 is 38.3. The van der Waals surface area contributed by atoms with Crippen LogP contribution in [0.5, 0.6) is 0 Å². The molecule has 0 unspecified atom stereocenters. The van der Waals surface area contributed by atoms with Crippen LogP contribution in [0.3, 0.4) is 0 Å². The fraction of sp³-hybridized carbons (Fsp3) is 0.158. The van der Waals surface area contributed by atoms with Crippen molar-refractivity contribution in [2.45, 2.75) is 18.7 Å². The molecule has 3 rings (SSSR count). The summed E-state index contributed by atoms with van der Waals surface area (Å²) in [6, 6.07) is 7.79. The van der Waals surface area contributed by atoms with Gasteiger partial charge in [-0.1, -0.05) is 11.6 Å². The van der Waals surface area contributed by atoms with Crippen molar-refractivity contribution in [1.82, 2.24) is 0 Å². The summed E-state index contributed by atoms with van der Waals surface area (Å²) in [6.45, 7) is 3.46. The molecule has 0 radical (unpaired) electrons. The second-order valence-corrected chi connectivity index (χ2v) is 8.11. The number of rotatable bonds is 6. The van der Waals surface area contributed by atoms with E-state index in [1.807, 2.05) is 0 Å². The number of halogens is 1. The van der Waals surface area contributed by atoms with E-state index in [0.717, 1.165) is 6.07 Å². The van der Waals surface area contributed by atoms with Gasteiger partial charge in [0.15, 0.2) is 0 Å². The fourth-order valence-electron chi connectivity index (χ4n) is 2.79. The molecule has 0 aliphatic heterocycles. The van der Waals surface area contributed by atoms with Crippen molar-refractivity contribution in [3.05, 3.63) is 58.3 Å². The van der Waals surface area contributed by atoms with E-state index in [2.05, 4.69) is 4.72 Å². The zero-order valence-electron chi connectivity index (χ0n) is 15.4. The molecule has 10 heteroatoms. The average Bonchev–Trinajstić information content (AvgIpc) is 2.96. The van der Waals surface area contributed by atoms with E-state index >= 15 is 0 Å². The Balaban J connectivity index is 2.01. The summed E-state index contributed by atoms with van der Waals surface area (Å²) in [5.74, 6) is -1.57. The lowest BCUT2D eigenvalue weighted by atomic mass is 10.1. The van der Waals surface area contributed by atoms with Crippen LogP contribution in [-0.2, 0) is 14.8 Å². The number of furan rings is 1. The molecule has 0 saturated carbocycles. The van der Waals surface area contributed by atoms with Crippen molar-refractivity contribution >= 4 is 50.2 Å². The highest BCUT2D eigenvalue weighted by Gasteiger charge is 2.22. The number of benzene rings is 2. The first-order chi connectivity index (χ1) is 13.6. The maximum absolute atomic E-state index is 12.7. The molecule has 0 saturated heterocycles. The number of carbonyl (C=O) groups is 2. The summed E-state index contributed by atoms with van der Waals surface area (Å²) in [5.41, 5.74) is 0.437. The van der Waals surface area contributed by atoms with Crippen LogP contribution >= 0.6 is 11.6 Å². The van der Waals surface area contributed by atoms with Crippen LogP contribution in [0.4, 0.5) is 5.69 Å². The van der Waals surface area contributed by atoms with Gasteiger partial charge in [0.2, 0.25) is 0 Å². The molecule has 0 spiro atoms. The topological polar surface area (TPSA) is 123 Å². The Labute approximate surface area is 171 Å². The van der Waals surface area contributed by atoms with Crippen molar-refractivity contribution in [2.75, 3.05) is 11.3 Å². The molecule has 152 valence electrons. The fourth-order valence-corrected chi connectivity index (χ4v) is 4.06. The molecule has 1 aromatic heterocycles. The van der Waals surface area contributed by atoms with Crippen molar-refractivity contribution in [2.24, 2.45) is 0 Å². The highest BCUT2D eigenvalue weighted by molar-refractivity contribution is 7.92. The molecule has 1 heterocycles. The molecule has 0 atom stereocenters. The number of fused-ring (bicyclic) bond motifs is 1. The number of aromatic carboxylic acids is 1. The molecule has 0 bridgehead atoms. The van der Waals surface area contributed by atoms with Gasteiger partial charge in [0, 0.05) is 11.1 Å². The molecule has 0 amide bonds. The van der Waals surface area contributed by atoms with E-state index in [4.69, 9.17) is 25.9 Å². The first-order valence-electron chi connectivity index (χ1n) is 8.40. The number of esters is 1. The number of sulfonamides is 1. The number of nitrogens with one attached hydrogen (secondary N) is 1. The van der Waals surface area contributed by atoms with E-state index in [9.17, 15) is 18.0 Å². The highest BCUT2D eigenvalue weighted by atomic mass is 35.5. The standard InChI is InChI=1S/C19H16ClNO7S/c1-3-27-19(24)17-10(2)28-16-7-4-11(8-14(16)17)21-29(25,26)12-5-6-15(20)13(9-12)18(22)23/h4-9,21H,3H2,1-2H3,(H,22,23). The Morgan fingerprint density at radius 3 is 2.59 bits per heavy atom. The summed E-state index contributed by atoms with van der Waals surface area (Å²) in [6.07, 6.45) is 0. The summed E-state index contributed by atoms with van der Waals surface area (Å²) >= 11 is 5.79. The smallest absolute Gasteiger partial charge is 0.342 e. The van der Waals surface area contributed by atoms with E-state index in [-0.39, 0.29) is 33.3 Å². The van der Waals surface area contributed by atoms with Gasteiger partial charge in [0.25, 0.3) is 10.0 Å². The minimum Gasteiger partial charge on any atom is -0.478 e. The minimum atomic E-state index is -4.11. The van der Waals surface area contributed by atoms with Crippen molar-refractivity contribution in [3.63, 3.8) is 0 Å². The van der Waals surface area contributed by atoms with E-state index in [1.54, 1.807) is 13.8 Å². The number of hydrogen-bond acceptors (Lipinski definition) is 6. The third-order valence-corrected chi connectivity index (χ3v) is 5.78. The predicted molar refractivity (Wildman–Crippen MR) is 106 cm³/mol. The lowest BCUT2D eigenvalue weighted by Gasteiger charge is -2.10. The summed E-state index contributed by atoms with van der Waals surface area (Å²) in [7, 11) is -4.11. The van der Waals surface area contributed by atoms with Crippen molar-refractivity contribution < 1.29 is 32.3 Å². The molecule has 8 nitrogen and oxygen atoms in total. The Bertz CT molecular complexity index is 1230. The van der Waals surface area contributed by atoms with E-state index in [1.165, 1.54) is 30.3 Å². The number of carboxylic acid groups (broad SMARTS) is 1. The van der Waals surface area contributed by atoms with Gasteiger partial charge < -0.3 is 14.3 Å². The zero-order valence-corrected chi connectivity index (χ0v) is 16.9. The van der Waals surface area contributed by atoms with Gasteiger partial charge in [-0.15, -0.1) is 0 Å². The van der Waals surface area contributed by atoms with Gasteiger partial charge in [-0.05, 0) is 50.2 Å². The number of carboxylic acids is 1. The largest absolute Gasteiger partial charge is 0.478 e. The Morgan fingerprint density at radius 2 is 1.93 bits per heavy atom. The van der Waals surface area contributed by atoms with Crippen LogP contribution in [0.2, 0.25) is 5.02 Å². The zero-order chi connectivity index (χ0) is 21.3. The summed E-state index contributed by atoms with van der Waals surface area (Å²) in [4.78, 5) is 23.1. The molecule has 0 aliphatic rings. The number of aryl methyl sites for hydroxylation is 1. The maximum Gasteiger partial charge on any atom is 0.342 e. The van der Waals surface area contributed by atoms with E-state index < -0.39 is 22.0 Å². The van der Waals surface area contributed by atoms with Crippen LogP contribution in [0.15, 0.2) is 45.7 Å². The first-order valence-corrected chi connectivity index (χ1v) is 10.3. The quantitative estimate of drug-likeness (QED) is 0.557. The number of carbonyl (C=O) groups excluding carboxylic acids is 1. The van der Waals surface area contributed by atoms with Gasteiger partial charge in [-0.2, -0.15) is 0 Å². The van der Waals surface area contributed by atoms with Gasteiger partial charge in [-0.3, -0.25) is 4.72 Å². The normalized spacial score (nSPS) is 11.4. The monoisotopic (exact) mass is 437 g/mol. The molecular weight excluding hydrogens is 422 g/mol. The lowest BCUT2D eigenvalue weighted by molar-refractivity contribution is 0.0526. The van der Waals surface area contributed by atoms with Gasteiger partial charge in [0.1, 0.15) is 16.9 Å². The van der Waals surface area contributed by atoms with E-state index in [0.29, 0.717) is 16.7 Å². The second kappa shape index (κ2) is 7.76. The summed E-state index contributed by atoms with van der Waals surface area (Å²) in [5, 5.41) is 9.45. The van der Waals surface area contributed by atoms with Crippen molar-refractivity contribution in [3.8, 4) is 0 Å². The van der Waals surface area contributed by atoms with Crippen LogP contribution in [-0.4, -0.2) is 32.1 Å². The molecule has 2 aromatic carbocycles. The van der Waals surface area contributed by atoms with Crippen molar-refractivity contribution in [1.29, 1.82) is 0 Å². The van der Waals surface area contributed by atoms with Gasteiger partial charge >= 0.3 is 11.9 Å². The molecule has 2 N–H and O–H groups in total. The number of anilines is 1. The predicted octanol–water partition coefficient (Wildman–Crippen LogP) is 4.07. The van der Waals surface area contributed by atoms with Crippen LogP contribution in [0.1, 0.15) is 33.4 Å². The molecule has 3 aromatic rings. The molecule has 29 heavy (non-hydrogen) atoms. The van der Waals surface area contributed by atoms with Gasteiger partial charge in [0.05, 0.1) is 22.1 Å². The lowest BCUT2D eigenvalue weighted by Crippen LogP contribution is -2.14. The SMILES string of the molecule is CCOC(=O)c1c(C)oc2ccc(NS(=O)(=O)c3ccc(Cl)c(C(=O)O)c3)cc12.